The number of nitrogens with zero attached hydrogens (tertiary/aromatic N) is 4. The van der Waals surface area contributed by atoms with Crippen LogP contribution in [0.4, 0.5) is 11.4 Å². The molecule has 0 bridgehead atoms. The van der Waals surface area contributed by atoms with Crippen LogP contribution in [0.25, 0.3) is 0 Å². The first-order chi connectivity index (χ1) is 14.5. The SMILES string of the molecule is CC.CC.CC1=NN(c2ccccc2)C(C)C1.CC1=NN(c2ccccc2)C(C)C1. The minimum Gasteiger partial charge on any atom is -0.262 e. The van der Waals surface area contributed by atoms with Gasteiger partial charge in [-0.2, -0.15) is 10.2 Å². The maximum absolute atomic E-state index is 4.49. The van der Waals surface area contributed by atoms with Crippen molar-refractivity contribution in [3.05, 3.63) is 60.7 Å². The predicted octanol–water partition coefficient (Wildman–Crippen LogP) is 7.37. The Labute approximate surface area is 184 Å². The van der Waals surface area contributed by atoms with Crippen molar-refractivity contribution in [2.75, 3.05) is 10.0 Å². The lowest BCUT2D eigenvalue weighted by atomic mass is 10.2. The van der Waals surface area contributed by atoms with E-state index >= 15 is 0 Å². The van der Waals surface area contributed by atoms with Crippen molar-refractivity contribution in [1.82, 2.24) is 0 Å². The second-order valence-electron chi connectivity index (χ2n) is 7.14. The van der Waals surface area contributed by atoms with Gasteiger partial charge in [0.2, 0.25) is 0 Å². The summed E-state index contributed by atoms with van der Waals surface area (Å²) in [4.78, 5) is 0. The zero-order valence-corrected chi connectivity index (χ0v) is 20.1. The van der Waals surface area contributed by atoms with Gasteiger partial charge in [0.15, 0.2) is 0 Å². The van der Waals surface area contributed by atoms with E-state index in [1.54, 1.807) is 0 Å². The molecule has 2 aliphatic rings. The summed E-state index contributed by atoms with van der Waals surface area (Å²) in [6.07, 6.45) is 2.16. The lowest BCUT2D eigenvalue weighted by Crippen LogP contribution is -2.22. The van der Waals surface area contributed by atoms with Crippen molar-refractivity contribution in [3.63, 3.8) is 0 Å². The van der Waals surface area contributed by atoms with Gasteiger partial charge in [0.1, 0.15) is 0 Å². The maximum atomic E-state index is 4.49. The highest BCUT2D eigenvalue weighted by molar-refractivity contribution is 5.86. The van der Waals surface area contributed by atoms with Crippen LogP contribution in [0.1, 0.15) is 68.2 Å². The highest BCUT2D eigenvalue weighted by atomic mass is 15.5. The molecule has 2 heterocycles. The van der Waals surface area contributed by atoms with Gasteiger partial charge in [-0.25, -0.2) is 0 Å². The van der Waals surface area contributed by atoms with Crippen molar-refractivity contribution < 1.29 is 0 Å². The lowest BCUT2D eigenvalue weighted by Gasteiger charge is -2.19. The molecule has 2 unspecified atom stereocenters. The normalized spacial score (nSPS) is 19.3. The number of rotatable bonds is 2. The van der Waals surface area contributed by atoms with Crippen LogP contribution in [0.15, 0.2) is 70.9 Å². The van der Waals surface area contributed by atoms with Crippen LogP contribution in [0, 0.1) is 0 Å². The van der Waals surface area contributed by atoms with E-state index in [4.69, 9.17) is 0 Å². The highest BCUT2D eigenvalue weighted by Gasteiger charge is 2.21. The molecule has 0 fully saturated rings. The van der Waals surface area contributed by atoms with E-state index in [1.807, 2.05) is 64.1 Å². The van der Waals surface area contributed by atoms with Crippen LogP contribution in [-0.4, -0.2) is 23.5 Å². The Bertz CT molecular complexity index is 701. The summed E-state index contributed by atoms with van der Waals surface area (Å²) in [5.74, 6) is 0. The summed E-state index contributed by atoms with van der Waals surface area (Å²) in [5.41, 5.74) is 4.81. The number of benzene rings is 2. The molecule has 2 aromatic rings. The number of hydrogen-bond acceptors (Lipinski definition) is 4. The smallest absolute Gasteiger partial charge is 0.0597 e. The van der Waals surface area contributed by atoms with Gasteiger partial charge >= 0.3 is 0 Å². The molecular weight excluding hydrogens is 368 g/mol. The van der Waals surface area contributed by atoms with E-state index in [-0.39, 0.29) is 0 Å². The van der Waals surface area contributed by atoms with Crippen LogP contribution in [0.5, 0.6) is 0 Å². The topological polar surface area (TPSA) is 31.2 Å². The summed E-state index contributed by atoms with van der Waals surface area (Å²) >= 11 is 0. The van der Waals surface area contributed by atoms with Crippen molar-refractivity contribution >= 4 is 22.8 Å². The quantitative estimate of drug-likeness (QED) is 0.519. The van der Waals surface area contributed by atoms with Crippen LogP contribution in [-0.2, 0) is 0 Å². The summed E-state index contributed by atoms with van der Waals surface area (Å²) in [7, 11) is 0. The summed E-state index contributed by atoms with van der Waals surface area (Å²) < 4.78 is 0. The molecule has 0 radical (unpaired) electrons. The molecule has 0 N–H and O–H groups in total. The Morgan fingerprint density at radius 1 is 0.600 bits per heavy atom. The minimum absolute atomic E-state index is 0.502. The number of hydrazone groups is 2. The third-order valence-corrected chi connectivity index (χ3v) is 4.62. The van der Waals surface area contributed by atoms with E-state index in [2.05, 4.69) is 72.2 Å². The van der Waals surface area contributed by atoms with E-state index in [0.717, 1.165) is 12.8 Å². The fourth-order valence-corrected chi connectivity index (χ4v) is 3.46. The number of para-hydroxylation sites is 2. The average molecular weight is 409 g/mol. The van der Waals surface area contributed by atoms with Crippen molar-refractivity contribution in [2.24, 2.45) is 10.2 Å². The van der Waals surface area contributed by atoms with Crippen LogP contribution in [0.2, 0.25) is 0 Å². The van der Waals surface area contributed by atoms with Gasteiger partial charge in [0.25, 0.3) is 0 Å². The fraction of sp³-hybridized carbons (Fsp3) is 0.462. The average Bonchev–Trinajstić information content (AvgIpc) is 3.32. The van der Waals surface area contributed by atoms with Gasteiger partial charge in [-0.3, -0.25) is 10.0 Å². The summed E-state index contributed by atoms with van der Waals surface area (Å²) in [5, 5.41) is 13.2. The molecule has 0 aromatic heterocycles. The minimum atomic E-state index is 0.502. The molecule has 0 saturated heterocycles. The Balaban J connectivity index is 0.000000258. The molecule has 0 amide bonds. The van der Waals surface area contributed by atoms with Crippen molar-refractivity contribution in [3.8, 4) is 0 Å². The van der Waals surface area contributed by atoms with Crippen LogP contribution >= 0.6 is 0 Å². The molecule has 2 atom stereocenters. The molecule has 0 spiro atoms. The number of anilines is 2. The van der Waals surface area contributed by atoms with Gasteiger partial charge in [0, 0.05) is 24.3 Å². The Hall–Kier alpha value is -2.62. The first-order valence-electron chi connectivity index (χ1n) is 11.3. The molecular formula is C26H40N4. The zero-order chi connectivity index (χ0) is 22.5. The second kappa shape index (κ2) is 13.6. The predicted molar refractivity (Wildman–Crippen MR) is 135 cm³/mol. The van der Waals surface area contributed by atoms with Gasteiger partial charge in [-0.05, 0) is 52.0 Å². The van der Waals surface area contributed by atoms with Gasteiger partial charge in [-0.1, -0.05) is 64.1 Å². The van der Waals surface area contributed by atoms with Crippen molar-refractivity contribution in [2.45, 2.75) is 80.3 Å². The molecule has 2 aromatic carbocycles. The van der Waals surface area contributed by atoms with Gasteiger partial charge in [0.05, 0.1) is 23.5 Å². The first-order valence-corrected chi connectivity index (χ1v) is 11.3. The largest absolute Gasteiger partial charge is 0.262 e. The van der Waals surface area contributed by atoms with E-state index < -0.39 is 0 Å². The molecule has 4 heteroatoms. The maximum Gasteiger partial charge on any atom is 0.0597 e. The van der Waals surface area contributed by atoms with E-state index in [0.29, 0.717) is 12.1 Å². The molecule has 164 valence electrons. The van der Waals surface area contributed by atoms with Crippen LogP contribution < -0.4 is 10.0 Å². The highest BCUT2D eigenvalue weighted by Crippen LogP contribution is 2.24. The number of hydrogen-bond donors (Lipinski definition) is 0. The summed E-state index contributed by atoms with van der Waals surface area (Å²) in [6.45, 7) is 16.6. The molecule has 0 saturated carbocycles. The third-order valence-electron chi connectivity index (χ3n) is 4.62. The monoisotopic (exact) mass is 408 g/mol. The van der Waals surface area contributed by atoms with Crippen molar-refractivity contribution in [1.29, 1.82) is 0 Å². The molecule has 0 aliphatic carbocycles. The Kier molecular flexibility index (Phi) is 11.5. The van der Waals surface area contributed by atoms with E-state index in [1.165, 1.54) is 22.8 Å². The standard InChI is InChI=1S/2C11H14N2.2C2H6/c2*1-9-8-10(2)13(12-9)11-6-4-3-5-7-11;2*1-2/h2*3-7,10H,8H2,1-2H3;2*1-2H3. The third kappa shape index (κ3) is 7.33. The molecule has 4 nitrogen and oxygen atoms in total. The Morgan fingerprint density at radius 3 is 1.13 bits per heavy atom. The van der Waals surface area contributed by atoms with Gasteiger partial charge in [-0.15, -0.1) is 0 Å². The lowest BCUT2D eigenvalue weighted by molar-refractivity contribution is 0.724. The Morgan fingerprint density at radius 2 is 0.900 bits per heavy atom. The van der Waals surface area contributed by atoms with Crippen LogP contribution in [0.3, 0.4) is 0 Å². The molecule has 2 aliphatic heterocycles. The summed E-state index contributed by atoms with van der Waals surface area (Å²) in [6, 6.07) is 21.6. The zero-order valence-electron chi connectivity index (χ0n) is 20.1. The van der Waals surface area contributed by atoms with Gasteiger partial charge < -0.3 is 0 Å². The second-order valence-corrected chi connectivity index (χ2v) is 7.14. The van der Waals surface area contributed by atoms with E-state index in [9.17, 15) is 0 Å². The first kappa shape index (κ1) is 25.4. The fourth-order valence-electron chi connectivity index (χ4n) is 3.46. The molecule has 4 rings (SSSR count). The molecule has 30 heavy (non-hydrogen) atoms.